The van der Waals surface area contributed by atoms with Crippen molar-refractivity contribution in [2.24, 2.45) is 0 Å². The summed E-state index contributed by atoms with van der Waals surface area (Å²) in [5.41, 5.74) is -0.0939. The van der Waals surface area contributed by atoms with E-state index in [9.17, 15) is 9.59 Å². The van der Waals surface area contributed by atoms with Crippen molar-refractivity contribution in [2.45, 2.75) is 13.1 Å². The van der Waals surface area contributed by atoms with E-state index >= 15 is 0 Å². The van der Waals surface area contributed by atoms with Crippen LogP contribution in [-0.2, 0) is 13.1 Å². The first-order valence-corrected chi connectivity index (χ1v) is 9.85. The van der Waals surface area contributed by atoms with Crippen molar-refractivity contribution in [3.63, 3.8) is 0 Å². The highest BCUT2D eigenvalue weighted by atomic mass is 32.1. The molecule has 0 radical (unpaired) electrons. The number of furan rings is 1. The number of thiophene rings is 1. The second-order valence-electron chi connectivity index (χ2n) is 6.58. The summed E-state index contributed by atoms with van der Waals surface area (Å²) in [5, 5.41) is 2.09. The Bertz CT molecular complexity index is 953. The first-order chi connectivity index (χ1) is 13.2. The van der Waals surface area contributed by atoms with Gasteiger partial charge in [-0.15, -0.1) is 11.3 Å². The zero-order valence-electron chi connectivity index (χ0n) is 14.9. The van der Waals surface area contributed by atoms with Crippen LogP contribution in [0.15, 0.2) is 63.3 Å². The van der Waals surface area contributed by atoms with Gasteiger partial charge in [0.15, 0.2) is 5.76 Å². The van der Waals surface area contributed by atoms with E-state index in [1.165, 1.54) is 10.9 Å². The van der Waals surface area contributed by atoms with E-state index in [2.05, 4.69) is 22.4 Å². The summed E-state index contributed by atoms with van der Waals surface area (Å²) in [5.74, 6) is 0.848. The highest BCUT2D eigenvalue weighted by molar-refractivity contribution is 7.09. The van der Waals surface area contributed by atoms with Crippen LogP contribution in [0.1, 0.15) is 21.2 Å². The Morgan fingerprint density at radius 2 is 1.85 bits per heavy atom. The summed E-state index contributed by atoms with van der Waals surface area (Å²) in [4.78, 5) is 30.1. The third-order valence-electron chi connectivity index (χ3n) is 4.72. The van der Waals surface area contributed by atoms with Gasteiger partial charge in [-0.05, 0) is 29.6 Å². The first-order valence-electron chi connectivity index (χ1n) is 8.97. The lowest BCUT2D eigenvalue weighted by atomic mass is 10.2. The second kappa shape index (κ2) is 7.94. The van der Waals surface area contributed by atoms with E-state index in [1.54, 1.807) is 46.4 Å². The van der Waals surface area contributed by atoms with Crippen LogP contribution < -0.4 is 5.56 Å². The van der Waals surface area contributed by atoms with Crippen LogP contribution in [0, 0.1) is 0 Å². The van der Waals surface area contributed by atoms with Gasteiger partial charge in [0, 0.05) is 49.9 Å². The highest BCUT2D eigenvalue weighted by Crippen LogP contribution is 2.16. The number of hydrogen-bond donors (Lipinski definition) is 0. The molecule has 3 aromatic rings. The van der Waals surface area contributed by atoms with Crippen LogP contribution in [-0.4, -0.2) is 46.5 Å². The maximum Gasteiger partial charge on any atom is 0.289 e. The maximum absolute atomic E-state index is 12.7. The monoisotopic (exact) mass is 383 g/mol. The second-order valence-corrected chi connectivity index (χ2v) is 7.61. The van der Waals surface area contributed by atoms with Crippen LogP contribution in [0.5, 0.6) is 0 Å². The van der Waals surface area contributed by atoms with Crippen molar-refractivity contribution in [1.29, 1.82) is 0 Å². The van der Waals surface area contributed by atoms with Crippen LogP contribution in [0.3, 0.4) is 0 Å². The van der Waals surface area contributed by atoms with Crippen molar-refractivity contribution in [1.82, 2.24) is 14.4 Å². The van der Waals surface area contributed by atoms with E-state index < -0.39 is 0 Å². The minimum absolute atomic E-state index is 0.0857. The smallest absolute Gasteiger partial charge is 0.289 e. The van der Waals surface area contributed by atoms with Crippen LogP contribution in [0.25, 0.3) is 0 Å². The number of rotatable bonds is 5. The topological polar surface area (TPSA) is 58.7 Å². The molecule has 0 atom stereocenters. The molecule has 0 saturated carbocycles. The molecule has 0 spiro atoms. The van der Waals surface area contributed by atoms with Crippen molar-refractivity contribution in [3.05, 3.63) is 80.8 Å². The molecule has 0 aliphatic carbocycles. The fourth-order valence-corrected chi connectivity index (χ4v) is 3.97. The Labute approximate surface area is 161 Å². The normalized spacial score (nSPS) is 15.2. The molecule has 7 heteroatoms. The fraction of sp³-hybridized carbons (Fsp3) is 0.300. The van der Waals surface area contributed by atoms with Gasteiger partial charge in [0.05, 0.1) is 6.54 Å². The summed E-state index contributed by atoms with van der Waals surface area (Å²) in [6.45, 7) is 4.36. The van der Waals surface area contributed by atoms with Gasteiger partial charge in [0.25, 0.3) is 11.5 Å². The number of nitrogens with zero attached hydrogens (tertiary/aromatic N) is 3. The largest absolute Gasteiger partial charge is 0.454 e. The molecule has 0 N–H and O–H groups in total. The third kappa shape index (κ3) is 4.20. The third-order valence-corrected chi connectivity index (χ3v) is 5.58. The van der Waals surface area contributed by atoms with Gasteiger partial charge in [-0.25, -0.2) is 0 Å². The maximum atomic E-state index is 12.7. The number of piperazine rings is 1. The fourth-order valence-electron chi connectivity index (χ4n) is 3.22. The highest BCUT2D eigenvalue weighted by Gasteiger charge is 2.24. The summed E-state index contributed by atoms with van der Waals surface area (Å²) in [6.07, 6.45) is 1.71. The van der Waals surface area contributed by atoms with Crippen molar-refractivity contribution < 1.29 is 9.21 Å². The van der Waals surface area contributed by atoms with Gasteiger partial charge >= 0.3 is 0 Å². The number of amides is 1. The molecular weight excluding hydrogens is 362 g/mol. The molecule has 0 unspecified atom stereocenters. The van der Waals surface area contributed by atoms with Gasteiger partial charge < -0.3 is 13.9 Å². The minimum Gasteiger partial charge on any atom is -0.454 e. The molecule has 1 saturated heterocycles. The molecule has 27 heavy (non-hydrogen) atoms. The molecule has 3 aromatic heterocycles. The Balaban J connectivity index is 1.34. The Morgan fingerprint density at radius 3 is 2.59 bits per heavy atom. The zero-order valence-corrected chi connectivity index (χ0v) is 15.7. The van der Waals surface area contributed by atoms with Crippen LogP contribution in [0.2, 0.25) is 0 Å². The predicted octanol–water partition coefficient (Wildman–Crippen LogP) is 2.51. The van der Waals surface area contributed by atoms with E-state index in [0.29, 0.717) is 31.2 Å². The number of carbonyl (C=O) groups excluding carboxylic acids is 1. The molecule has 1 aliphatic rings. The lowest BCUT2D eigenvalue weighted by molar-refractivity contribution is 0.0597. The molecule has 140 valence electrons. The molecule has 1 fully saturated rings. The quantitative estimate of drug-likeness (QED) is 0.679. The molecule has 1 aliphatic heterocycles. The lowest BCUT2D eigenvalue weighted by Crippen LogP contribution is -2.48. The van der Waals surface area contributed by atoms with E-state index in [0.717, 1.165) is 19.6 Å². The molecule has 4 heterocycles. The molecule has 0 bridgehead atoms. The van der Waals surface area contributed by atoms with Crippen LogP contribution in [0.4, 0.5) is 0 Å². The number of hydrogen-bond acceptors (Lipinski definition) is 5. The average molecular weight is 383 g/mol. The molecule has 1 amide bonds. The van der Waals surface area contributed by atoms with Crippen molar-refractivity contribution in [3.8, 4) is 0 Å². The van der Waals surface area contributed by atoms with Crippen LogP contribution >= 0.6 is 11.3 Å². The molecule has 4 rings (SSSR count). The Kier molecular flexibility index (Phi) is 5.22. The minimum atomic E-state index is -0.0939. The molecule has 6 nitrogen and oxygen atoms in total. The molecule has 0 aromatic carbocycles. The lowest BCUT2D eigenvalue weighted by Gasteiger charge is -2.34. The van der Waals surface area contributed by atoms with Crippen molar-refractivity contribution in [2.75, 3.05) is 26.2 Å². The zero-order chi connectivity index (χ0) is 18.6. The van der Waals surface area contributed by atoms with Gasteiger partial charge in [-0.2, -0.15) is 0 Å². The number of pyridine rings is 1. The van der Waals surface area contributed by atoms with Gasteiger partial charge in [0.1, 0.15) is 5.76 Å². The summed E-state index contributed by atoms with van der Waals surface area (Å²) in [6, 6.07) is 12.7. The SMILES string of the molecule is O=C(c1ccc(Cn2ccccc2=O)o1)N1CCN(Cc2cccs2)CC1. The number of carbonyl (C=O) groups is 1. The standard InChI is InChI=1S/C20H21N3O3S/c24-19-5-1-2-8-23(19)14-16-6-7-18(26-16)20(25)22-11-9-21(10-12-22)15-17-4-3-13-27-17/h1-8,13H,9-12,14-15H2. The average Bonchev–Trinajstić information content (AvgIpc) is 3.36. The summed E-state index contributed by atoms with van der Waals surface area (Å²) < 4.78 is 7.26. The summed E-state index contributed by atoms with van der Waals surface area (Å²) in [7, 11) is 0. The van der Waals surface area contributed by atoms with Crippen molar-refractivity contribution >= 4 is 17.2 Å². The Morgan fingerprint density at radius 1 is 1.00 bits per heavy atom. The van der Waals surface area contributed by atoms with E-state index in [-0.39, 0.29) is 11.5 Å². The van der Waals surface area contributed by atoms with Gasteiger partial charge in [0.2, 0.25) is 0 Å². The number of aromatic nitrogens is 1. The van der Waals surface area contributed by atoms with Gasteiger partial charge in [-0.3, -0.25) is 14.5 Å². The van der Waals surface area contributed by atoms with E-state index in [1.807, 2.05) is 4.90 Å². The first kappa shape index (κ1) is 17.8. The summed E-state index contributed by atoms with van der Waals surface area (Å²) >= 11 is 1.76. The molecular formula is C20H21N3O3S. The van der Waals surface area contributed by atoms with Gasteiger partial charge in [-0.1, -0.05) is 12.1 Å². The predicted molar refractivity (Wildman–Crippen MR) is 104 cm³/mol. The Hall–Kier alpha value is -2.64. The van der Waals surface area contributed by atoms with E-state index in [4.69, 9.17) is 4.42 Å².